The van der Waals surface area contributed by atoms with E-state index in [-0.39, 0.29) is 0 Å². The van der Waals surface area contributed by atoms with Gasteiger partial charge < -0.3 is 9.84 Å². The van der Waals surface area contributed by atoms with E-state index in [1.807, 2.05) is 18.2 Å². The Bertz CT molecular complexity index is 955. The van der Waals surface area contributed by atoms with Gasteiger partial charge in [-0.3, -0.25) is 4.79 Å². The minimum absolute atomic E-state index is 0.301. The van der Waals surface area contributed by atoms with Crippen LogP contribution >= 0.6 is 0 Å². The molecule has 0 saturated carbocycles. The van der Waals surface area contributed by atoms with Crippen molar-refractivity contribution >= 4 is 28.0 Å². The van der Waals surface area contributed by atoms with E-state index in [0.29, 0.717) is 6.42 Å². The number of fused-ring (bicyclic) bond motifs is 2. The Morgan fingerprint density at radius 1 is 0.897 bits per heavy atom. The lowest BCUT2D eigenvalue weighted by Crippen LogP contribution is -2.36. The molecule has 2 aromatic carbocycles. The molecule has 0 aliphatic rings. The van der Waals surface area contributed by atoms with E-state index in [1.165, 1.54) is 25.7 Å². The molecular weight excluding hydrogens is 364 g/mol. The fraction of sp³-hybridized carbons (Fsp3) is 0.458. The van der Waals surface area contributed by atoms with Gasteiger partial charge in [0.05, 0.1) is 7.11 Å². The zero-order valence-electron chi connectivity index (χ0n) is 17.3. The van der Waals surface area contributed by atoms with Gasteiger partial charge >= 0.3 is 5.97 Å². The molecule has 1 aromatic heterocycles. The minimum Gasteiger partial charge on any atom is -0.494 e. The number of nitrogens with zero attached hydrogens (tertiary/aromatic N) is 2. The number of ether oxygens (including phenoxy) is 1. The average Bonchev–Trinajstić information content (AvgIpc) is 2.73. The van der Waals surface area contributed by atoms with Gasteiger partial charge in [-0.05, 0) is 25.0 Å². The standard InChI is InChI=1S/C24H30N2O3/c1-29-22-16-12-15-21-24(22)25-19-13-9-10-14-20(19)26(21)18-11-7-5-3-2-4-6-8-17-23(27)28/h9-10,12-16H,2-8,11,17-18H2,1H3/p+1. The van der Waals surface area contributed by atoms with Crippen LogP contribution in [0.3, 0.4) is 0 Å². The molecule has 0 radical (unpaired) electrons. The summed E-state index contributed by atoms with van der Waals surface area (Å²) in [6.45, 7) is 0.964. The molecule has 154 valence electrons. The molecule has 3 rings (SSSR count). The smallest absolute Gasteiger partial charge is 0.303 e. The number of unbranched alkanes of at least 4 members (excludes halogenated alkanes) is 7. The fourth-order valence-electron chi connectivity index (χ4n) is 3.89. The van der Waals surface area contributed by atoms with Crippen molar-refractivity contribution in [2.75, 3.05) is 7.11 Å². The molecule has 1 N–H and O–H groups in total. The summed E-state index contributed by atoms with van der Waals surface area (Å²) in [5, 5.41) is 8.66. The molecule has 0 spiro atoms. The number of carbonyl (C=O) groups is 1. The maximum Gasteiger partial charge on any atom is 0.303 e. The highest BCUT2D eigenvalue weighted by molar-refractivity contribution is 5.85. The summed E-state index contributed by atoms with van der Waals surface area (Å²) in [4.78, 5) is 15.3. The summed E-state index contributed by atoms with van der Waals surface area (Å²) < 4.78 is 7.90. The molecule has 0 amide bonds. The van der Waals surface area contributed by atoms with Crippen molar-refractivity contribution in [1.29, 1.82) is 0 Å². The molecular formula is C24H31N2O3+. The molecule has 0 atom stereocenters. The number of aryl methyl sites for hydroxylation is 1. The molecule has 0 aliphatic heterocycles. The molecule has 29 heavy (non-hydrogen) atoms. The van der Waals surface area contributed by atoms with E-state index in [2.05, 4.69) is 28.8 Å². The number of carboxylic acids is 1. The van der Waals surface area contributed by atoms with E-state index >= 15 is 0 Å². The number of methoxy groups -OCH3 is 1. The second-order valence-corrected chi connectivity index (χ2v) is 7.55. The van der Waals surface area contributed by atoms with Crippen LogP contribution in [0.15, 0.2) is 42.5 Å². The van der Waals surface area contributed by atoms with Crippen LogP contribution in [0.1, 0.15) is 57.8 Å². The third-order valence-corrected chi connectivity index (χ3v) is 5.42. The van der Waals surface area contributed by atoms with Crippen LogP contribution < -0.4 is 9.30 Å². The van der Waals surface area contributed by atoms with Crippen LogP contribution in [-0.2, 0) is 11.3 Å². The van der Waals surface area contributed by atoms with Gasteiger partial charge in [-0.2, -0.15) is 4.57 Å². The summed E-state index contributed by atoms with van der Waals surface area (Å²) in [6.07, 6.45) is 9.25. The maximum absolute atomic E-state index is 10.5. The number of para-hydroxylation sites is 3. The summed E-state index contributed by atoms with van der Waals surface area (Å²) in [6, 6.07) is 14.4. The SMILES string of the molecule is COc1cccc2c1nc1ccccc1[n+]2CCCCCCCCCCC(=O)O. The van der Waals surface area contributed by atoms with Crippen LogP contribution in [0.2, 0.25) is 0 Å². The van der Waals surface area contributed by atoms with E-state index < -0.39 is 5.97 Å². The Morgan fingerprint density at radius 2 is 1.55 bits per heavy atom. The van der Waals surface area contributed by atoms with Crippen molar-refractivity contribution in [3.63, 3.8) is 0 Å². The molecule has 5 nitrogen and oxygen atoms in total. The zero-order valence-corrected chi connectivity index (χ0v) is 17.3. The molecule has 1 heterocycles. The van der Waals surface area contributed by atoms with E-state index in [4.69, 9.17) is 14.8 Å². The molecule has 3 aromatic rings. The van der Waals surface area contributed by atoms with E-state index in [1.54, 1.807) is 7.11 Å². The molecule has 0 unspecified atom stereocenters. The topological polar surface area (TPSA) is 63.3 Å². The van der Waals surface area contributed by atoms with Gasteiger partial charge in [-0.15, -0.1) is 0 Å². The summed E-state index contributed by atoms with van der Waals surface area (Å²) in [5.74, 6) is 0.126. The lowest BCUT2D eigenvalue weighted by Gasteiger charge is -2.08. The molecule has 5 heteroatoms. The maximum atomic E-state index is 10.5. The lowest BCUT2D eigenvalue weighted by molar-refractivity contribution is -0.646. The van der Waals surface area contributed by atoms with Gasteiger partial charge in [0.1, 0.15) is 12.1 Å². The average molecular weight is 396 g/mol. The van der Waals surface area contributed by atoms with E-state index in [9.17, 15) is 4.79 Å². The number of hydrogen-bond acceptors (Lipinski definition) is 3. The second-order valence-electron chi connectivity index (χ2n) is 7.55. The summed E-state index contributed by atoms with van der Waals surface area (Å²) in [5.41, 5.74) is 4.18. The second kappa shape index (κ2) is 10.7. The lowest BCUT2D eigenvalue weighted by atomic mass is 10.1. The third-order valence-electron chi connectivity index (χ3n) is 5.42. The number of carboxylic acid groups (broad SMARTS) is 1. The van der Waals surface area contributed by atoms with Crippen LogP contribution in [0.4, 0.5) is 0 Å². The summed E-state index contributed by atoms with van der Waals surface area (Å²) in [7, 11) is 1.69. The number of hydrogen-bond donors (Lipinski definition) is 1. The van der Waals surface area contributed by atoms with Gasteiger partial charge in [-0.25, -0.2) is 4.98 Å². The number of benzene rings is 2. The zero-order chi connectivity index (χ0) is 20.5. The first-order valence-corrected chi connectivity index (χ1v) is 10.7. The van der Waals surface area contributed by atoms with E-state index in [0.717, 1.165) is 60.0 Å². The van der Waals surface area contributed by atoms with Crippen molar-refractivity contribution in [2.45, 2.75) is 64.3 Å². The Morgan fingerprint density at radius 3 is 2.28 bits per heavy atom. The highest BCUT2D eigenvalue weighted by Gasteiger charge is 2.18. The number of aliphatic carboxylic acids is 1. The number of aromatic nitrogens is 2. The van der Waals surface area contributed by atoms with Gasteiger partial charge in [0, 0.05) is 25.0 Å². The Labute approximate surface area is 172 Å². The minimum atomic E-state index is -0.684. The Balaban J connectivity index is 1.56. The summed E-state index contributed by atoms with van der Waals surface area (Å²) >= 11 is 0. The normalized spacial score (nSPS) is 11.2. The van der Waals surface area contributed by atoms with Crippen molar-refractivity contribution in [3.8, 4) is 5.75 Å². The van der Waals surface area contributed by atoms with Gasteiger partial charge in [-0.1, -0.05) is 50.3 Å². The van der Waals surface area contributed by atoms with Crippen LogP contribution in [-0.4, -0.2) is 23.2 Å². The first-order valence-electron chi connectivity index (χ1n) is 10.7. The molecule has 0 bridgehead atoms. The predicted octanol–water partition coefficient (Wildman–Crippen LogP) is 5.28. The van der Waals surface area contributed by atoms with Crippen molar-refractivity contribution in [3.05, 3.63) is 42.5 Å². The Kier molecular flexibility index (Phi) is 7.79. The number of rotatable bonds is 12. The fourth-order valence-corrected chi connectivity index (χ4v) is 3.89. The quantitative estimate of drug-likeness (QED) is 0.257. The molecule has 0 aliphatic carbocycles. The highest BCUT2D eigenvalue weighted by Crippen LogP contribution is 2.23. The van der Waals surface area contributed by atoms with Crippen LogP contribution in [0.25, 0.3) is 22.1 Å². The van der Waals surface area contributed by atoms with Gasteiger partial charge in [0.15, 0.2) is 11.3 Å². The van der Waals surface area contributed by atoms with Crippen molar-refractivity contribution in [1.82, 2.24) is 4.98 Å². The Hall–Kier alpha value is -2.69. The molecule has 0 fully saturated rings. The van der Waals surface area contributed by atoms with Gasteiger partial charge in [0.2, 0.25) is 11.0 Å². The van der Waals surface area contributed by atoms with Crippen molar-refractivity contribution < 1.29 is 19.2 Å². The van der Waals surface area contributed by atoms with Gasteiger partial charge in [0.25, 0.3) is 0 Å². The first kappa shape index (κ1) is 21.0. The largest absolute Gasteiger partial charge is 0.494 e. The highest BCUT2D eigenvalue weighted by atomic mass is 16.5. The van der Waals surface area contributed by atoms with Crippen LogP contribution in [0.5, 0.6) is 5.75 Å². The first-order chi connectivity index (χ1) is 14.2. The predicted molar refractivity (Wildman–Crippen MR) is 115 cm³/mol. The molecule has 0 saturated heterocycles. The monoisotopic (exact) mass is 395 g/mol. The van der Waals surface area contributed by atoms with Crippen molar-refractivity contribution in [2.24, 2.45) is 0 Å². The third kappa shape index (κ3) is 5.66. The van der Waals surface area contributed by atoms with Crippen LogP contribution in [0, 0.1) is 0 Å².